The number of nitrogens with zero attached hydrogens (tertiary/aromatic N) is 2. The molecule has 2 saturated heterocycles. The predicted molar refractivity (Wildman–Crippen MR) is 60.7 cm³/mol. The average molecular weight is 382 g/mol. The SMILES string of the molecule is CC(C)(C)N1CCC2(CC[N-]C2)CC1.[Re]. The Bertz CT molecular complexity index is 194. The fraction of sp³-hybridized carbons (Fsp3) is 1.00. The second kappa shape index (κ2) is 4.84. The maximum Gasteiger partial charge on any atom is 0.0125 e. The van der Waals surface area contributed by atoms with Gasteiger partial charge in [-0.05, 0) is 52.1 Å². The van der Waals surface area contributed by atoms with Gasteiger partial charge in [0, 0.05) is 26.0 Å². The van der Waals surface area contributed by atoms with Crippen LogP contribution in [0.3, 0.4) is 0 Å². The predicted octanol–water partition coefficient (Wildman–Crippen LogP) is 2.64. The van der Waals surface area contributed by atoms with E-state index in [4.69, 9.17) is 0 Å². The first kappa shape index (κ1) is 13.6. The molecule has 0 aromatic rings. The summed E-state index contributed by atoms with van der Waals surface area (Å²) in [7, 11) is 0. The van der Waals surface area contributed by atoms with E-state index in [1.165, 1.54) is 32.4 Å². The van der Waals surface area contributed by atoms with Gasteiger partial charge in [-0.25, -0.2) is 0 Å². The number of hydrogen-bond acceptors (Lipinski definition) is 1. The van der Waals surface area contributed by atoms with Gasteiger partial charge in [-0.2, -0.15) is 0 Å². The van der Waals surface area contributed by atoms with Crippen LogP contribution < -0.4 is 0 Å². The van der Waals surface area contributed by atoms with Crippen molar-refractivity contribution in [1.29, 1.82) is 0 Å². The van der Waals surface area contributed by atoms with Gasteiger partial charge in [0.1, 0.15) is 0 Å². The molecule has 1 spiro atoms. The Morgan fingerprint density at radius 3 is 2.07 bits per heavy atom. The van der Waals surface area contributed by atoms with Crippen LogP contribution in [0, 0.1) is 5.41 Å². The van der Waals surface area contributed by atoms with Crippen molar-refractivity contribution in [3.8, 4) is 0 Å². The molecular weight excluding hydrogens is 358 g/mol. The summed E-state index contributed by atoms with van der Waals surface area (Å²) in [6.07, 6.45) is 4.09. The van der Waals surface area contributed by atoms with Crippen molar-refractivity contribution in [2.45, 2.75) is 45.6 Å². The van der Waals surface area contributed by atoms with Crippen LogP contribution in [-0.2, 0) is 20.4 Å². The smallest absolute Gasteiger partial charge is 0.0125 e. The topological polar surface area (TPSA) is 17.3 Å². The van der Waals surface area contributed by atoms with Crippen molar-refractivity contribution < 1.29 is 20.4 Å². The summed E-state index contributed by atoms with van der Waals surface area (Å²) in [6, 6.07) is 0. The minimum Gasteiger partial charge on any atom is -0.662 e. The zero-order chi connectivity index (χ0) is 10.2. The summed E-state index contributed by atoms with van der Waals surface area (Å²) in [4.78, 5) is 2.62. The molecule has 2 rings (SSSR count). The van der Waals surface area contributed by atoms with E-state index in [2.05, 4.69) is 31.0 Å². The largest absolute Gasteiger partial charge is 0.662 e. The van der Waals surface area contributed by atoms with Crippen molar-refractivity contribution in [2.75, 3.05) is 26.2 Å². The zero-order valence-corrected chi connectivity index (χ0v) is 12.9. The molecule has 0 N–H and O–H groups in total. The second-order valence-electron chi connectivity index (χ2n) is 6.01. The standard InChI is InChI=1S/C12H23N2.Re/c1-11(2,3)14-8-5-12(6-9-14)4-7-13-10-12;/h4-10H2,1-3H3;/q-1;. The van der Waals surface area contributed by atoms with Gasteiger partial charge in [-0.15, -0.1) is 13.1 Å². The van der Waals surface area contributed by atoms with E-state index in [0.717, 1.165) is 13.1 Å². The Morgan fingerprint density at radius 2 is 1.67 bits per heavy atom. The van der Waals surface area contributed by atoms with Crippen LogP contribution in [0.4, 0.5) is 0 Å². The summed E-state index contributed by atoms with van der Waals surface area (Å²) in [5.74, 6) is 0. The Kier molecular flexibility index (Phi) is 4.40. The fourth-order valence-corrected chi connectivity index (χ4v) is 2.77. The van der Waals surface area contributed by atoms with Crippen LogP contribution in [0.5, 0.6) is 0 Å². The van der Waals surface area contributed by atoms with Crippen molar-refractivity contribution in [3.05, 3.63) is 5.32 Å². The molecule has 15 heavy (non-hydrogen) atoms. The Hall–Kier alpha value is 0.582. The molecule has 2 nitrogen and oxygen atoms in total. The molecule has 0 aliphatic carbocycles. The molecule has 0 bridgehead atoms. The molecule has 0 aromatic carbocycles. The number of hydrogen-bond donors (Lipinski definition) is 0. The number of piperidine rings is 1. The minimum atomic E-state index is 0. The Balaban J connectivity index is 0.00000112. The van der Waals surface area contributed by atoms with Crippen molar-refractivity contribution in [3.63, 3.8) is 0 Å². The van der Waals surface area contributed by atoms with E-state index in [1.807, 2.05) is 0 Å². The summed E-state index contributed by atoms with van der Waals surface area (Å²) < 4.78 is 0. The van der Waals surface area contributed by atoms with E-state index >= 15 is 0 Å². The van der Waals surface area contributed by atoms with E-state index in [0.29, 0.717) is 11.0 Å². The zero-order valence-electron chi connectivity index (χ0n) is 10.2. The quantitative estimate of drug-likeness (QED) is 0.631. The Labute approximate surface area is 108 Å². The van der Waals surface area contributed by atoms with Crippen LogP contribution in [0.2, 0.25) is 0 Å². The third-order valence-corrected chi connectivity index (χ3v) is 4.02. The van der Waals surface area contributed by atoms with Crippen LogP contribution in [-0.4, -0.2) is 36.6 Å². The molecule has 89 valence electrons. The van der Waals surface area contributed by atoms with Crippen molar-refractivity contribution >= 4 is 0 Å². The molecular formula is C12H23N2Re-. The van der Waals surface area contributed by atoms with E-state index in [1.54, 1.807) is 0 Å². The molecule has 0 atom stereocenters. The van der Waals surface area contributed by atoms with Gasteiger partial charge in [0.05, 0.1) is 0 Å². The molecule has 2 fully saturated rings. The molecule has 0 unspecified atom stereocenters. The van der Waals surface area contributed by atoms with Crippen molar-refractivity contribution in [2.24, 2.45) is 5.41 Å². The summed E-state index contributed by atoms with van der Waals surface area (Å²) in [6.45, 7) is 11.8. The Morgan fingerprint density at radius 1 is 1.07 bits per heavy atom. The minimum absolute atomic E-state index is 0. The first-order valence-electron chi connectivity index (χ1n) is 5.90. The second-order valence-corrected chi connectivity index (χ2v) is 6.01. The number of likely N-dealkylation sites (tertiary alicyclic amines) is 1. The van der Waals surface area contributed by atoms with Gasteiger partial charge < -0.3 is 5.32 Å². The molecule has 0 saturated carbocycles. The molecule has 2 heterocycles. The summed E-state index contributed by atoms with van der Waals surface area (Å²) >= 11 is 0. The van der Waals surface area contributed by atoms with Crippen LogP contribution in [0.15, 0.2) is 0 Å². The average Bonchev–Trinajstić information content (AvgIpc) is 2.53. The van der Waals surface area contributed by atoms with Gasteiger partial charge in [0.2, 0.25) is 0 Å². The third kappa shape index (κ3) is 3.03. The monoisotopic (exact) mass is 382 g/mol. The van der Waals surface area contributed by atoms with Crippen LogP contribution in [0.25, 0.3) is 5.32 Å². The summed E-state index contributed by atoms with van der Waals surface area (Å²) in [5, 5.41) is 4.53. The molecule has 3 heteroatoms. The van der Waals surface area contributed by atoms with Gasteiger partial charge in [-0.3, -0.25) is 4.90 Å². The summed E-state index contributed by atoms with van der Waals surface area (Å²) in [5.41, 5.74) is 0.971. The molecule has 2 aliphatic rings. The van der Waals surface area contributed by atoms with Crippen LogP contribution >= 0.6 is 0 Å². The normalized spacial score (nSPS) is 26.6. The first-order valence-corrected chi connectivity index (χ1v) is 5.90. The maximum absolute atomic E-state index is 4.53. The molecule has 0 amide bonds. The van der Waals surface area contributed by atoms with Gasteiger partial charge in [-0.1, -0.05) is 6.42 Å². The van der Waals surface area contributed by atoms with Gasteiger partial charge in [0.25, 0.3) is 0 Å². The van der Waals surface area contributed by atoms with E-state index < -0.39 is 0 Å². The third-order valence-electron chi connectivity index (χ3n) is 4.02. The maximum atomic E-state index is 4.53. The fourth-order valence-electron chi connectivity index (χ4n) is 2.77. The first-order chi connectivity index (χ1) is 6.52. The van der Waals surface area contributed by atoms with Gasteiger partial charge in [0.15, 0.2) is 0 Å². The van der Waals surface area contributed by atoms with Crippen LogP contribution in [0.1, 0.15) is 40.0 Å². The van der Waals surface area contributed by atoms with E-state index in [9.17, 15) is 0 Å². The van der Waals surface area contributed by atoms with E-state index in [-0.39, 0.29) is 20.4 Å². The van der Waals surface area contributed by atoms with Gasteiger partial charge >= 0.3 is 0 Å². The molecule has 1 radical (unpaired) electrons. The molecule has 0 aromatic heterocycles. The molecule has 2 aliphatic heterocycles. The number of rotatable bonds is 0. The van der Waals surface area contributed by atoms with Crippen molar-refractivity contribution in [1.82, 2.24) is 4.90 Å².